The van der Waals surface area contributed by atoms with Crippen molar-refractivity contribution in [1.82, 2.24) is 9.88 Å². The lowest BCUT2D eigenvalue weighted by molar-refractivity contribution is -0.140. The largest absolute Gasteiger partial charge is 0.397 e. The number of piperidine rings is 1. The fourth-order valence-corrected chi connectivity index (χ4v) is 2.34. The van der Waals surface area contributed by atoms with E-state index in [1.165, 1.54) is 0 Å². The first-order valence-corrected chi connectivity index (χ1v) is 6.24. The minimum absolute atomic E-state index is 0.0754. The fraction of sp³-hybridized carbons (Fsp3) is 0.500. The number of nitrogens with two attached hydrogens (primary N) is 1. The van der Waals surface area contributed by atoms with Crippen LogP contribution >= 0.6 is 11.9 Å². The number of nitrogens with zero attached hydrogens (tertiary/aromatic N) is 2. The number of hydrogen-bond donors (Lipinski definition) is 1. The molecule has 0 bridgehead atoms. The van der Waals surface area contributed by atoms with Crippen LogP contribution in [0.3, 0.4) is 0 Å². The Balaban J connectivity index is 1.87. The average Bonchev–Trinajstić information content (AvgIpc) is 2.41. The van der Waals surface area contributed by atoms with E-state index < -0.39 is 0 Å². The predicted octanol–water partition coefficient (Wildman–Crippen LogP) is 1.57. The molecule has 1 fully saturated rings. The molecule has 1 aliphatic heterocycles. The first-order chi connectivity index (χ1) is 8.70. The molecule has 0 saturated carbocycles. The van der Waals surface area contributed by atoms with Gasteiger partial charge in [0.05, 0.1) is 17.8 Å². The van der Waals surface area contributed by atoms with Gasteiger partial charge in [0.1, 0.15) is 11.9 Å². The van der Waals surface area contributed by atoms with E-state index in [9.17, 15) is 4.79 Å². The van der Waals surface area contributed by atoms with Crippen molar-refractivity contribution in [1.29, 1.82) is 0 Å². The summed E-state index contributed by atoms with van der Waals surface area (Å²) in [5.74, 6) is -0.395. The van der Waals surface area contributed by atoms with Gasteiger partial charge in [-0.15, -0.1) is 0 Å². The molecule has 6 heteroatoms. The molecule has 0 aromatic carbocycles. The van der Waals surface area contributed by atoms with Gasteiger partial charge in [0.2, 0.25) is 0 Å². The summed E-state index contributed by atoms with van der Waals surface area (Å²) < 4.78 is 4.25. The number of nitrogen functional groups attached to an aromatic ring is 1. The highest BCUT2D eigenvalue weighted by atomic mass is 35.5. The van der Waals surface area contributed by atoms with Gasteiger partial charge in [-0.2, -0.15) is 0 Å². The van der Waals surface area contributed by atoms with Crippen LogP contribution in [-0.2, 0) is 15.6 Å². The molecule has 0 aliphatic carbocycles. The summed E-state index contributed by atoms with van der Waals surface area (Å²) in [4.78, 5) is 17.5. The van der Waals surface area contributed by atoms with E-state index in [0.717, 1.165) is 38.0 Å². The summed E-state index contributed by atoms with van der Waals surface area (Å²) in [6.45, 7) is 2.48. The quantitative estimate of drug-likeness (QED) is 0.902. The molecule has 98 valence electrons. The molecule has 0 radical (unpaired) electrons. The summed E-state index contributed by atoms with van der Waals surface area (Å²) >= 11 is 5.09. The van der Waals surface area contributed by atoms with E-state index in [0.29, 0.717) is 5.69 Å². The van der Waals surface area contributed by atoms with Crippen molar-refractivity contribution >= 4 is 23.5 Å². The van der Waals surface area contributed by atoms with Crippen molar-refractivity contribution in [2.45, 2.75) is 19.4 Å². The van der Waals surface area contributed by atoms with Gasteiger partial charge in [-0.05, 0) is 37.6 Å². The summed E-state index contributed by atoms with van der Waals surface area (Å²) in [5.41, 5.74) is 7.63. The van der Waals surface area contributed by atoms with Crippen molar-refractivity contribution in [3.05, 3.63) is 24.0 Å². The lowest BCUT2D eigenvalue weighted by Gasteiger charge is -2.30. The van der Waals surface area contributed by atoms with E-state index in [-0.39, 0.29) is 11.9 Å². The number of carbonyl (C=O) groups excluding carboxylic acids is 1. The van der Waals surface area contributed by atoms with Gasteiger partial charge in [-0.1, -0.05) is 0 Å². The molecule has 1 aliphatic rings. The van der Waals surface area contributed by atoms with Gasteiger partial charge in [0.25, 0.3) is 0 Å². The normalized spacial score (nSPS) is 17.6. The highest BCUT2D eigenvalue weighted by Gasteiger charge is 2.26. The third-order valence-electron chi connectivity index (χ3n) is 3.34. The minimum Gasteiger partial charge on any atom is -0.397 e. The summed E-state index contributed by atoms with van der Waals surface area (Å²) in [5, 5.41) is 0. The first-order valence-electron chi connectivity index (χ1n) is 5.94. The van der Waals surface area contributed by atoms with Crippen LogP contribution in [0.15, 0.2) is 18.5 Å². The second-order valence-electron chi connectivity index (χ2n) is 4.52. The number of hydrogen-bond acceptors (Lipinski definition) is 5. The van der Waals surface area contributed by atoms with E-state index >= 15 is 0 Å². The lowest BCUT2D eigenvalue weighted by Crippen LogP contribution is -2.36. The predicted molar refractivity (Wildman–Crippen MR) is 68.6 cm³/mol. The van der Waals surface area contributed by atoms with Crippen LogP contribution in [-0.4, -0.2) is 28.9 Å². The van der Waals surface area contributed by atoms with Crippen LogP contribution in [0.25, 0.3) is 0 Å². The minimum atomic E-state index is -0.320. The lowest BCUT2D eigenvalue weighted by atomic mass is 9.97. The Hall–Kier alpha value is -1.33. The molecule has 1 aromatic rings. The second kappa shape index (κ2) is 6.02. The fourth-order valence-electron chi connectivity index (χ4n) is 2.21. The monoisotopic (exact) mass is 269 g/mol. The van der Waals surface area contributed by atoms with Crippen LogP contribution in [0.5, 0.6) is 0 Å². The van der Waals surface area contributed by atoms with Crippen LogP contribution in [0.1, 0.15) is 18.4 Å². The smallest absolute Gasteiger partial charge is 0.327 e. The maximum absolute atomic E-state index is 11.3. The maximum Gasteiger partial charge on any atom is 0.327 e. The Morgan fingerprint density at radius 1 is 1.56 bits per heavy atom. The topological polar surface area (TPSA) is 68.5 Å². The molecule has 0 spiro atoms. The van der Waals surface area contributed by atoms with Gasteiger partial charge in [0, 0.05) is 12.7 Å². The van der Waals surface area contributed by atoms with Crippen molar-refractivity contribution in [2.24, 2.45) is 5.92 Å². The Bertz CT molecular complexity index is 420. The molecule has 1 saturated heterocycles. The van der Waals surface area contributed by atoms with Gasteiger partial charge >= 0.3 is 5.97 Å². The van der Waals surface area contributed by atoms with Crippen LogP contribution in [0.4, 0.5) is 5.69 Å². The zero-order valence-electron chi connectivity index (χ0n) is 10.0. The molecule has 5 nitrogen and oxygen atoms in total. The number of rotatable bonds is 3. The van der Waals surface area contributed by atoms with Crippen molar-refractivity contribution in [2.75, 3.05) is 18.8 Å². The molecule has 18 heavy (non-hydrogen) atoms. The molecule has 2 rings (SSSR count). The summed E-state index contributed by atoms with van der Waals surface area (Å²) in [6, 6.07) is 1.93. The van der Waals surface area contributed by atoms with E-state index in [1.54, 1.807) is 12.4 Å². The Morgan fingerprint density at radius 3 is 2.89 bits per heavy atom. The molecule has 0 unspecified atom stereocenters. The van der Waals surface area contributed by atoms with E-state index in [2.05, 4.69) is 14.2 Å². The Morgan fingerprint density at radius 2 is 2.28 bits per heavy atom. The van der Waals surface area contributed by atoms with E-state index in [4.69, 9.17) is 17.6 Å². The van der Waals surface area contributed by atoms with E-state index in [1.807, 2.05) is 6.07 Å². The van der Waals surface area contributed by atoms with Crippen molar-refractivity contribution < 1.29 is 9.08 Å². The molecular weight excluding hydrogens is 254 g/mol. The van der Waals surface area contributed by atoms with Gasteiger partial charge in [-0.25, -0.2) is 0 Å². The number of anilines is 1. The number of pyridine rings is 1. The average molecular weight is 270 g/mol. The molecule has 0 amide bonds. The third kappa shape index (κ3) is 3.11. The highest BCUT2D eigenvalue weighted by Crippen LogP contribution is 2.21. The second-order valence-corrected chi connectivity index (χ2v) is 4.68. The van der Waals surface area contributed by atoms with Gasteiger partial charge in [-0.3, -0.25) is 14.7 Å². The SMILES string of the molecule is Nc1cnccc1CN1CCC(C(=O)OCl)CC1. The third-order valence-corrected chi connectivity index (χ3v) is 3.49. The van der Waals surface area contributed by atoms with Crippen LogP contribution in [0, 0.1) is 5.92 Å². The molecule has 2 heterocycles. The number of aromatic nitrogens is 1. The molecule has 0 atom stereocenters. The molecule has 1 aromatic heterocycles. The highest BCUT2D eigenvalue weighted by molar-refractivity contribution is 6.13. The molecular formula is C12H16ClN3O2. The standard InChI is InChI=1S/C12H16ClN3O2/c13-18-12(17)9-2-5-16(6-3-9)8-10-1-4-15-7-11(10)14/h1,4,7,9H,2-3,5-6,8,14H2. The van der Waals surface area contributed by atoms with Gasteiger partial charge in [0.15, 0.2) is 0 Å². The van der Waals surface area contributed by atoms with Gasteiger partial charge < -0.3 is 10.0 Å². The molecule has 2 N–H and O–H groups in total. The van der Waals surface area contributed by atoms with Crippen LogP contribution in [0.2, 0.25) is 0 Å². The zero-order valence-corrected chi connectivity index (χ0v) is 10.8. The Kier molecular flexibility index (Phi) is 4.38. The maximum atomic E-state index is 11.3. The van der Waals surface area contributed by atoms with Crippen LogP contribution < -0.4 is 5.73 Å². The van der Waals surface area contributed by atoms with Crippen molar-refractivity contribution in [3.8, 4) is 0 Å². The van der Waals surface area contributed by atoms with Crippen molar-refractivity contribution in [3.63, 3.8) is 0 Å². The zero-order chi connectivity index (χ0) is 13.0. The summed E-state index contributed by atoms with van der Waals surface area (Å²) in [7, 11) is 0. The number of carbonyl (C=O) groups is 1. The summed E-state index contributed by atoms with van der Waals surface area (Å²) in [6.07, 6.45) is 4.95. The number of halogens is 1. The first kappa shape index (κ1) is 13.1. The number of likely N-dealkylation sites (tertiary alicyclic amines) is 1. The Labute approximate surface area is 111 Å².